The predicted molar refractivity (Wildman–Crippen MR) is 131 cm³/mol. The zero-order chi connectivity index (χ0) is 25.5. The number of nitrogens with zero attached hydrogens (tertiary/aromatic N) is 5. The van der Waals surface area contributed by atoms with Crippen molar-refractivity contribution in [1.82, 2.24) is 14.9 Å². The van der Waals surface area contributed by atoms with E-state index >= 15 is 4.39 Å². The molecule has 0 bridgehead atoms. The lowest BCUT2D eigenvalue weighted by Gasteiger charge is -2.36. The summed E-state index contributed by atoms with van der Waals surface area (Å²) >= 11 is 0. The van der Waals surface area contributed by atoms with Crippen molar-refractivity contribution in [2.45, 2.75) is 47.1 Å². The van der Waals surface area contributed by atoms with Crippen molar-refractivity contribution in [2.75, 3.05) is 54.4 Å². The number of hydrogen-bond acceptors (Lipinski definition) is 7. The van der Waals surface area contributed by atoms with Crippen LogP contribution in [-0.4, -0.2) is 65.3 Å². The van der Waals surface area contributed by atoms with E-state index in [1.54, 1.807) is 20.0 Å². The SMILES string of the molecule is CCOc1cc(O)c(F)c(N2Cc3cnc(NCCCCN(CC)CC)nc3N(CC)C2=O)c1F. The Bertz CT molecular complexity index is 1030. The monoisotopic (exact) mass is 492 g/mol. The molecule has 2 aromatic rings. The second-order valence-electron chi connectivity index (χ2n) is 8.12. The predicted octanol–water partition coefficient (Wildman–Crippen LogP) is 4.36. The van der Waals surface area contributed by atoms with E-state index in [2.05, 4.69) is 34.0 Å². The van der Waals surface area contributed by atoms with Crippen LogP contribution in [-0.2, 0) is 6.54 Å². The van der Waals surface area contributed by atoms with Gasteiger partial charge in [0, 0.05) is 30.9 Å². The first-order valence-electron chi connectivity index (χ1n) is 12.1. The molecule has 9 nitrogen and oxygen atoms in total. The van der Waals surface area contributed by atoms with E-state index in [-0.39, 0.29) is 25.4 Å². The van der Waals surface area contributed by atoms with E-state index in [4.69, 9.17) is 4.74 Å². The molecular weight excluding hydrogens is 458 g/mol. The number of aromatic hydroxyl groups is 1. The first-order chi connectivity index (χ1) is 16.9. The van der Waals surface area contributed by atoms with E-state index in [9.17, 15) is 14.3 Å². The fourth-order valence-electron chi connectivity index (χ4n) is 4.05. The number of hydrogen-bond donors (Lipinski definition) is 2. The van der Waals surface area contributed by atoms with Crippen LogP contribution in [0.3, 0.4) is 0 Å². The van der Waals surface area contributed by atoms with Gasteiger partial charge in [-0.15, -0.1) is 0 Å². The molecule has 2 heterocycles. The van der Waals surface area contributed by atoms with E-state index in [0.717, 1.165) is 43.4 Å². The van der Waals surface area contributed by atoms with Crippen LogP contribution in [0.1, 0.15) is 46.1 Å². The molecule has 1 aliphatic rings. The van der Waals surface area contributed by atoms with Crippen molar-refractivity contribution in [2.24, 2.45) is 0 Å². The Morgan fingerprint density at radius 2 is 1.91 bits per heavy atom. The molecule has 0 radical (unpaired) electrons. The molecule has 1 aromatic carbocycles. The van der Waals surface area contributed by atoms with Gasteiger partial charge in [-0.2, -0.15) is 4.98 Å². The molecule has 0 spiro atoms. The maximum Gasteiger partial charge on any atom is 0.330 e. The number of unbranched alkanes of at least 4 members (excludes halogenated alkanes) is 1. The summed E-state index contributed by atoms with van der Waals surface area (Å²) in [6.07, 6.45) is 3.53. The molecule has 3 rings (SSSR count). The number of rotatable bonds is 12. The summed E-state index contributed by atoms with van der Waals surface area (Å²) in [4.78, 5) is 26.7. The number of nitrogens with one attached hydrogen (secondary N) is 1. The molecule has 1 aromatic heterocycles. The van der Waals surface area contributed by atoms with Crippen molar-refractivity contribution in [3.05, 3.63) is 29.5 Å². The minimum absolute atomic E-state index is 0.110. The highest BCUT2D eigenvalue weighted by molar-refractivity contribution is 6.05. The Balaban J connectivity index is 1.80. The highest BCUT2D eigenvalue weighted by Crippen LogP contribution is 2.40. The fraction of sp³-hybridized carbons (Fsp3) is 0.542. The lowest BCUT2D eigenvalue weighted by atomic mass is 10.1. The van der Waals surface area contributed by atoms with Crippen LogP contribution in [0.15, 0.2) is 12.3 Å². The minimum atomic E-state index is -1.23. The number of carbonyl (C=O) groups is 1. The maximum absolute atomic E-state index is 15.1. The van der Waals surface area contributed by atoms with E-state index in [1.807, 2.05) is 0 Å². The Morgan fingerprint density at radius 1 is 1.17 bits per heavy atom. The number of aromatic nitrogens is 2. The van der Waals surface area contributed by atoms with Crippen molar-refractivity contribution in [1.29, 1.82) is 0 Å². The highest BCUT2D eigenvalue weighted by atomic mass is 19.1. The molecule has 0 saturated heterocycles. The lowest BCUT2D eigenvalue weighted by Crippen LogP contribution is -2.48. The topological polar surface area (TPSA) is 94.1 Å². The molecule has 0 atom stereocenters. The Morgan fingerprint density at radius 3 is 2.57 bits per heavy atom. The third-order valence-corrected chi connectivity index (χ3v) is 5.98. The van der Waals surface area contributed by atoms with Gasteiger partial charge >= 0.3 is 6.03 Å². The first-order valence-corrected chi connectivity index (χ1v) is 12.1. The van der Waals surface area contributed by atoms with Crippen LogP contribution in [0.5, 0.6) is 11.5 Å². The molecule has 35 heavy (non-hydrogen) atoms. The number of phenolic OH excluding ortho intramolecular Hbond substituents is 1. The van der Waals surface area contributed by atoms with E-state index < -0.39 is 29.1 Å². The molecule has 0 unspecified atom stereocenters. The number of ether oxygens (including phenoxy) is 1. The van der Waals surface area contributed by atoms with Gasteiger partial charge in [-0.25, -0.2) is 18.6 Å². The van der Waals surface area contributed by atoms with Gasteiger partial charge in [-0.05, 0) is 46.3 Å². The van der Waals surface area contributed by atoms with Gasteiger partial charge in [-0.1, -0.05) is 13.8 Å². The highest BCUT2D eigenvalue weighted by Gasteiger charge is 2.36. The third kappa shape index (κ3) is 5.72. The van der Waals surface area contributed by atoms with Crippen LogP contribution < -0.4 is 19.9 Å². The standard InChI is InChI=1S/C24H34F2N6O3/c1-5-30(6-2)12-10-9-11-27-23-28-14-16-15-32(24(34)31(7-3)22(16)29-23)21-19(25)17(33)13-18(20(21)26)35-8-4/h13-14,33H,5-12,15H2,1-4H3,(H,27,28,29). The fourth-order valence-corrected chi connectivity index (χ4v) is 4.05. The number of halogens is 2. The van der Waals surface area contributed by atoms with Gasteiger partial charge in [0.2, 0.25) is 5.95 Å². The summed E-state index contributed by atoms with van der Waals surface area (Å²) in [5.74, 6) is -2.65. The number of amides is 2. The number of anilines is 3. The molecule has 11 heteroatoms. The summed E-state index contributed by atoms with van der Waals surface area (Å²) in [6, 6.07) is 0.204. The van der Waals surface area contributed by atoms with Crippen molar-refractivity contribution < 1.29 is 23.4 Å². The summed E-state index contributed by atoms with van der Waals surface area (Å²) in [7, 11) is 0. The van der Waals surface area contributed by atoms with Crippen LogP contribution in [0.25, 0.3) is 0 Å². The van der Waals surface area contributed by atoms with Crippen molar-refractivity contribution >= 4 is 23.5 Å². The van der Waals surface area contributed by atoms with Gasteiger partial charge in [0.1, 0.15) is 11.5 Å². The normalized spacial score (nSPS) is 13.4. The van der Waals surface area contributed by atoms with Crippen molar-refractivity contribution in [3.8, 4) is 11.5 Å². The van der Waals surface area contributed by atoms with Crippen molar-refractivity contribution in [3.63, 3.8) is 0 Å². The molecule has 0 saturated carbocycles. The summed E-state index contributed by atoms with van der Waals surface area (Å²) < 4.78 is 35.1. The second kappa shape index (κ2) is 12.0. The van der Waals surface area contributed by atoms with E-state index in [1.165, 1.54) is 4.90 Å². The van der Waals surface area contributed by atoms with Crippen LogP contribution in [0.4, 0.5) is 31.0 Å². The summed E-state index contributed by atoms with van der Waals surface area (Å²) in [5.41, 5.74) is -0.142. The van der Waals surface area contributed by atoms with Gasteiger partial charge < -0.3 is 20.1 Å². The Hall–Kier alpha value is -3.21. The maximum atomic E-state index is 15.1. The zero-order valence-corrected chi connectivity index (χ0v) is 20.8. The number of urea groups is 1. The average Bonchev–Trinajstić information content (AvgIpc) is 2.85. The second-order valence-corrected chi connectivity index (χ2v) is 8.12. The number of benzene rings is 1. The van der Waals surface area contributed by atoms with Crippen LogP contribution in [0.2, 0.25) is 0 Å². The number of fused-ring (bicyclic) bond motifs is 1. The minimum Gasteiger partial charge on any atom is -0.505 e. The molecule has 192 valence electrons. The number of carbonyl (C=O) groups excluding carboxylic acids is 1. The molecule has 1 aliphatic heterocycles. The molecule has 2 N–H and O–H groups in total. The summed E-state index contributed by atoms with van der Waals surface area (Å²) in [6.45, 7) is 11.6. The Kier molecular flexibility index (Phi) is 9.02. The van der Waals surface area contributed by atoms with Gasteiger partial charge in [0.15, 0.2) is 23.1 Å². The molecular formula is C24H34F2N6O3. The quantitative estimate of drug-likeness (QED) is 0.425. The Labute approximate surface area is 204 Å². The van der Waals surface area contributed by atoms with Gasteiger partial charge in [-0.3, -0.25) is 9.80 Å². The summed E-state index contributed by atoms with van der Waals surface area (Å²) in [5, 5.41) is 13.2. The van der Waals surface area contributed by atoms with Gasteiger partial charge in [0.25, 0.3) is 0 Å². The largest absolute Gasteiger partial charge is 0.505 e. The first kappa shape index (κ1) is 26.4. The molecule has 2 amide bonds. The van der Waals surface area contributed by atoms with Crippen LogP contribution in [0, 0.1) is 11.6 Å². The van der Waals surface area contributed by atoms with Crippen LogP contribution >= 0.6 is 0 Å². The number of phenols is 1. The molecule has 0 aliphatic carbocycles. The lowest BCUT2D eigenvalue weighted by molar-refractivity contribution is 0.249. The molecule has 0 fully saturated rings. The van der Waals surface area contributed by atoms with Gasteiger partial charge in [0.05, 0.1) is 13.2 Å². The smallest absolute Gasteiger partial charge is 0.330 e. The van der Waals surface area contributed by atoms with E-state index in [0.29, 0.717) is 23.9 Å². The third-order valence-electron chi connectivity index (χ3n) is 5.98. The average molecular weight is 493 g/mol. The zero-order valence-electron chi connectivity index (χ0n) is 20.8.